The van der Waals surface area contributed by atoms with Gasteiger partial charge in [-0.15, -0.1) is 0 Å². The van der Waals surface area contributed by atoms with E-state index in [9.17, 15) is 0 Å². The lowest BCUT2D eigenvalue weighted by atomic mass is 10.1. The highest BCUT2D eigenvalue weighted by Crippen LogP contribution is 2.21. The molecule has 0 aliphatic carbocycles. The van der Waals surface area contributed by atoms with Crippen LogP contribution in [0, 0.1) is 0 Å². The van der Waals surface area contributed by atoms with Crippen molar-refractivity contribution in [2.45, 2.75) is 46.0 Å². The van der Waals surface area contributed by atoms with Gasteiger partial charge in [-0.05, 0) is 32.6 Å². The van der Waals surface area contributed by atoms with Gasteiger partial charge in [0.2, 0.25) is 0 Å². The van der Waals surface area contributed by atoms with E-state index in [2.05, 4.69) is 34.4 Å². The predicted octanol–water partition coefficient (Wildman–Crippen LogP) is 2.44. The number of anilines is 2. The Morgan fingerprint density at radius 3 is 2.42 bits per heavy atom. The third kappa shape index (κ3) is 5.42. The molecule has 5 heteroatoms. The molecular formula is C14H26N4O. The van der Waals surface area contributed by atoms with Crippen LogP contribution in [0.1, 0.15) is 45.1 Å². The number of nitrogens with one attached hydrogen (secondary N) is 2. The first-order valence-electron chi connectivity index (χ1n) is 7.25. The van der Waals surface area contributed by atoms with E-state index < -0.39 is 0 Å². The Bertz CT molecular complexity index is 357. The average molecular weight is 266 g/mol. The van der Waals surface area contributed by atoms with Crippen LogP contribution < -0.4 is 10.6 Å². The Morgan fingerprint density at radius 2 is 1.79 bits per heavy atom. The van der Waals surface area contributed by atoms with Crippen molar-refractivity contribution < 1.29 is 5.11 Å². The van der Waals surface area contributed by atoms with E-state index in [1.54, 1.807) is 6.33 Å². The second-order valence-electron chi connectivity index (χ2n) is 4.54. The normalized spacial score (nSPS) is 10.5. The lowest BCUT2D eigenvalue weighted by molar-refractivity contribution is 0.283. The van der Waals surface area contributed by atoms with Crippen molar-refractivity contribution in [3.05, 3.63) is 11.9 Å². The first-order valence-corrected chi connectivity index (χ1v) is 7.25. The largest absolute Gasteiger partial charge is 0.396 e. The number of hydrogen-bond acceptors (Lipinski definition) is 5. The van der Waals surface area contributed by atoms with Crippen molar-refractivity contribution in [1.29, 1.82) is 0 Å². The van der Waals surface area contributed by atoms with Crippen LogP contribution in [0.4, 0.5) is 11.6 Å². The fourth-order valence-corrected chi connectivity index (χ4v) is 1.99. The van der Waals surface area contributed by atoms with Crippen LogP contribution in [0.5, 0.6) is 0 Å². The molecule has 19 heavy (non-hydrogen) atoms. The summed E-state index contributed by atoms with van der Waals surface area (Å²) in [5.41, 5.74) is 1.18. The Labute approximate surface area is 115 Å². The number of aliphatic hydroxyl groups is 1. The Morgan fingerprint density at radius 1 is 1.05 bits per heavy atom. The molecule has 0 bridgehead atoms. The molecule has 0 saturated carbocycles. The van der Waals surface area contributed by atoms with Crippen molar-refractivity contribution in [3.63, 3.8) is 0 Å². The molecule has 1 aromatic rings. The molecule has 0 fully saturated rings. The Hall–Kier alpha value is -1.36. The van der Waals surface area contributed by atoms with Gasteiger partial charge in [-0.25, -0.2) is 9.97 Å². The molecule has 0 atom stereocenters. The van der Waals surface area contributed by atoms with Gasteiger partial charge in [0.25, 0.3) is 0 Å². The molecule has 0 aliphatic rings. The van der Waals surface area contributed by atoms with E-state index >= 15 is 0 Å². The van der Waals surface area contributed by atoms with E-state index in [4.69, 9.17) is 5.11 Å². The molecule has 0 aliphatic heterocycles. The monoisotopic (exact) mass is 266 g/mol. The van der Waals surface area contributed by atoms with Gasteiger partial charge in [0.05, 0.1) is 0 Å². The number of nitrogens with zero attached hydrogens (tertiary/aromatic N) is 2. The molecule has 0 unspecified atom stereocenters. The van der Waals surface area contributed by atoms with Crippen LogP contribution in [0.2, 0.25) is 0 Å². The summed E-state index contributed by atoms with van der Waals surface area (Å²) in [6, 6.07) is 0. The van der Waals surface area contributed by atoms with Crippen molar-refractivity contribution >= 4 is 11.6 Å². The molecule has 1 heterocycles. The van der Waals surface area contributed by atoms with Crippen molar-refractivity contribution in [3.8, 4) is 0 Å². The first-order chi connectivity index (χ1) is 9.33. The molecule has 0 amide bonds. The van der Waals surface area contributed by atoms with Gasteiger partial charge >= 0.3 is 0 Å². The molecule has 0 radical (unpaired) electrons. The van der Waals surface area contributed by atoms with E-state index in [0.29, 0.717) is 0 Å². The molecule has 5 nitrogen and oxygen atoms in total. The third-order valence-corrected chi connectivity index (χ3v) is 2.92. The number of unbranched alkanes of at least 4 members (excludes halogenated alkanes) is 2. The summed E-state index contributed by atoms with van der Waals surface area (Å²) in [6.45, 7) is 6.26. The summed E-state index contributed by atoms with van der Waals surface area (Å²) >= 11 is 0. The van der Waals surface area contributed by atoms with Gasteiger partial charge < -0.3 is 15.7 Å². The average Bonchev–Trinajstić information content (AvgIpc) is 2.42. The van der Waals surface area contributed by atoms with E-state index in [0.717, 1.165) is 56.8 Å². The lowest BCUT2D eigenvalue weighted by Gasteiger charge is -2.14. The highest BCUT2D eigenvalue weighted by atomic mass is 16.2. The highest BCUT2D eigenvalue weighted by molar-refractivity contribution is 5.57. The maximum absolute atomic E-state index is 8.74. The molecule has 108 valence electrons. The summed E-state index contributed by atoms with van der Waals surface area (Å²) < 4.78 is 0. The topological polar surface area (TPSA) is 70.1 Å². The molecule has 1 aromatic heterocycles. The van der Waals surface area contributed by atoms with Crippen molar-refractivity contribution in [1.82, 2.24) is 9.97 Å². The standard InChI is InChI=1S/C14H26N4O/c1-3-8-12-13(15-4-2)17-11-18-14(12)16-9-6-5-7-10-19/h11,19H,3-10H2,1-2H3,(H2,15,16,17,18). The fraction of sp³-hybridized carbons (Fsp3) is 0.714. The van der Waals surface area contributed by atoms with Crippen LogP contribution in [0.3, 0.4) is 0 Å². The smallest absolute Gasteiger partial charge is 0.134 e. The zero-order chi connectivity index (χ0) is 13.9. The van der Waals surface area contributed by atoms with Crippen LogP contribution in [0.15, 0.2) is 6.33 Å². The van der Waals surface area contributed by atoms with Crippen LogP contribution in [0.25, 0.3) is 0 Å². The predicted molar refractivity (Wildman–Crippen MR) is 79.6 cm³/mol. The zero-order valence-corrected chi connectivity index (χ0v) is 12.1. The SMILES string of the molecule is CCCc1c(NCC)ncnc1NCCCCCO. The zero-order valence-electron chi connectivity index (χ0n) is 12.1. The Balaban J connectivity index is 2.61. The minimum absolute atomic E-state index is 0.277. The van der Waals surface area contributed by atoms with Crippen molar-refractivity contribution in [2.24, 2.45) is 0 Å². The summed E-state index contributed by atoms with van der Waals surface area (Å²) in [5.74, 6) is 1.88. The maximum Gasteiger partial charge on any atom is 0.134 e. The minimum atomic E-state index is 0.277. The number of hydrogen-bond donors (Lipinski definition) is 3. The van der Waals surface area contributed by atoms with Gasteiger partial charge in [-0.2, -0.15) is 0 Å². The van der Waals surface area contributed by atoms with E-state index in [-0.39, 0.29) is 6.61 Å². The summed E-state index contributed by atoms with van der Waals surface area (Å²) in [4.78, 5) is 8.66. The molecular weight excluding hydrogens is 240 g/mol. The van der Waals surface area contributed by atoms with E-state index in [1.165, 1.54) is 5.56 Å². The van der Waals surface area contributed by atoms with Crippen LogP contribution in [-0.4, -0.2) is 34.8 Å². The van der Waals surface area contributed by atoms with Crippen molar-refractivity contribution in [2.75, 3.05) is 30.3 Å². The number of rotatable bonds is 10. The highest BCUT2D eigenvalue weighted by Gasteiger charge is 2.09. The van der Waals surface area contributed by atoms with Gasteiger partial charge in [0, 0.05) is 25.3 Å². The van der Waals surface area contributed by atoms with Gasteiger partial charge in [0.1, 0.15) is 18.0 Å². The molecule has 0 aromatic carbocycles. The Kier molecular flexibility index (Phi) is 7.89. The second kappa shape index (κ2) is 9.55. The summed E-state index contributed by atoms with van der Waals surface area (Å²) in [6.07, 6.45) is 6.61. The number of aliphatic hydroxyl groups excluding tert-OH is 1. The lowest BCUT2D eigenvalue weighted by Crippen LogP contribution is -2.11. The molecule has 1 rings (SSSR count). The first kappa shape index (κ1) is 15.7. The number of aromatic nitrogens is 2. The third-order valence-electron chi connectivity index (χ3n) is 2.92. The summed E-state index contributed by atoms with van der Waals surface area (Å²) in [7, 11) is 0. The maximum atomic E-state index is 8.74. The second-order valence-corrected chi connectivity index (χ2v) is 4.54. The molecule has 0 spiro atoms. The quantitative estimate of drug-likeness (QED) is 0.567. The summed E-state index contributed by atoms with van der Waals surface area (Å²) in [5, 5.41) is 15.4. The van der Waals surface area contributed by atoms with E-state index in [1.807, 2.05) is 0 Å². The van der Waals surface area contributed by atoms with Gasteiger partial charge in [-0.3, -0.25) is 0 Å². The molecule has 3 N–H and O–H groups in total. The van der Waals surface area contributed by atoms with Gasteiger partial charge in [0.15, 0.2) is 0 Å². The fourth-order valence-electron chi connectivity index (χ4n) is 1.99. The minimum Gasteiger partial charge on any atom is -0.396 e. The molecule has 0 saturated heterocycles. The van der Waals surface area contributed by atoms with Crippen LogP contribution in [-0.2, 0) is 6.42 Å². The van der Waals surface area contributed by atoms with Crippen LogP contribution >= 0.6 is 0 Å². The van der Waals surface area contributed by atoms with Gasteiger partial charge in [-0.1, -0.05) is 13.3 Å².